The Kier molecular flexibility index (Phi) is 10.4. The maximum absolute atomic E-state index is 12.3. The number of anilines is 1. The second kappa shape index (κ2) is 12.0. The summed E-state index contributed by atoms with van der Waals surface area (Å²) in [5.74, 6) is 1.19. The van der Waals surface area contributed by atoms with Crippen LogP contribution in [0.25, 0.3) is 0 Å². The van der Waals surface area contributed by atoms with Gasteiger partial charge in [-0.05, 0) is 31.5 Å². The van der Waals surface area contributed by atoms with Crippen LogP contribution in [0.5, 0.6) is 0 Å². The van der Waals surface area contributed by atoms with Crippen molar-refractivity contribution in [1.82, 2.24) is 20.5 Å². The number of aromatic nitrogens is 1. The zero-order chi connectivity index (χ0) is 17.5. The molecule has 0 bridgehead atoms. The average molecular weight is 418 g/mol. The monoisotopic (exact) mass is 417 g/mol. The van der Waals surface area contributed by atoms with Crippen LogP contribution in [0.4, 0.5) is 5.82 Å². The molecular formula is C18H29Cl2N5O2. The Balaban J connectivity index is 0.00000182. The van der Waals surface area contributed by atoms with Gasteiger partial charge >= 0.3 is 0 Å². The van der Waals surface area contributed by atoms with Gasteiger partial charge in [-0.3, -0.25) is 9.59 Å². The molecule has 2 N–H and O–H groups in total. The Bertz CT molecular complexity index is 576. The number of nitrogens with zero attached hydrogens (tertiary/aromatic N) is 3. The van der Waals surface area contributed by atoms with Crippen LogP contribution in [0.1, 0.15) is 19.3 Å². The highest BCUT2D eigenvalue weighted by molar-refractivity contribution is 5.85. The third-order valence-corrected chi connectivity index (χ3v) is 4.91. The van der Waals surface area contributed by atoms with Gasteiger partial charge in [0, 0.05) is 51.9 Å². The van der Waals surface area contributed by atoms with Gasteiger partial charge in [-0.15, -0.1) is 24.8 Å². The first-order chi connectivity index (χ1) is 12.2. The van der Waals surface area contributed by atoms with Gasteiger partial charge in [-0.25, -0.2) is 4.98 Å². The highest BCUT2D eigenvalue weighted by atomic mass is 35.5. The van der Waals surface area contributed by atoms with Crippen LogP contribution in [-0.4, -0.2) is 67.5 Å². The summed E-state index contributed by atoms with van der Waals surface area (Å²) in [4.78, 5) is 32.8. The molecule has 1 unspecified atom stereocenters. The lowest BCUT2D eigenvalue weighted by Gasteiger charge is -2.35. The van der Waals surface area contributed by atoms with E-state index in [1.807, 2.05) is 23.1 Å². The molecule has 2 saturated heterocycles. The van der Waals surface area contributed by atoms with Gasteiger partial charge < -0.3 is 20.4 Å². The largest absolute Gasteiger partial charge is 0.355 e. The molecule has 0 aliphatic carbocycles. The number of pyridine rings is 1. The zero-order valence-electron chi connectivity index (χ0n) is 15.4. The van der Waals surface area contributed by atoms with E-state index in [0.29, 0.717) is 26.1 Å². The fourth-order valence-corrected chi connectivity index (χ4v) is 3.40. The molecule has 0 radical (unpaired) electrons. The number of carbonyl (C=O) groups is 2. The molecule has 1 aromatic rings. The van der Waals surface area contributed by atoms with E-state index in [2.05, 4.69) is 20.5 Å². The SMILES string of the molecule is Cl.Cl.O=C(NCCC(=O)N1CCN(c2ccccn2)CC1)C1CCCNC1. The number of hydrogen-bond acceptors (Lipinski definition) is 5. The Morgan fingerprint density at radius 3 is 2.59 bits per heavy atom. The zero-order valence-corrected chi connectivity index (χ0v) is 17.1. The number of piperidine rings is 1. The van der Waals surface area contributed by atoms with Crippen molar-refractivity contribution in [1.29, 1.82) is 0 Å². The van der Waals surface area contributed by atoms with E-state index in [0.717, 1.165) is 44.8 Å². The third kappa shape index (κ3) is 6.83. The van der Waals surface area contributed by atoms with E-state index >= 15 is 0 Å². The van der Waals surface area contributed by atoms with E-state index in [4.69, 9.17) is 0 Å². The molecule has 2 aliphatic heterocycles. The molecule has 152 valence electrons. The van der Waals surface area contributed by atoms with E-state index in [1.165, 1.54) is 0 Å². The summed E-state index contributed by atoms with van der Waals surface area (Å²) in [6.45, 7) is 5.16. The van der Waals surface area contributed by atoms with Crippen molar-refractivity contribution in [3.8, 4) is 0 Å². The predicted molar refractivity (Wildman–Crippen MR) is 111 cm³/mol. The Morgan fingerprint density at radius 2 is 1.96 bits per heavy atom. The molecule has 7 nitrogen and oxygen atoms in total. The van der Waals surface area contributed by atoms with Gasteiger partial charge in [0.05, 0.1) is 5.92 Å². The first-order valence-corrected chi connectivity index (χ1v) is 9.16. The van der Waals surface area contributed by atoms with E-state index in [9.17, 15) is 9.59 Å². The van der Waals surface area contributed by atoms with Crippen LogP contribution in [-0.2, 0) is 9.59 Å². The van der Waals surface area contributed by atoms with Crippen LogP contribution in [0.3, 0.4) is 0 Å². The van der Waals surface area contributed by atoms with Crippen LogP contribution in [0.2, 0.25) is 0 Å². The molecule has 3 heterocycles. The van der Waals surface area contributed by atoms with Gasteiger partial charge in [0.15, 0.2) is 0 Å². The number of carbonyl (C=O) groups excluding carboxylic acids is 2. The molecular weight excluding hydrogens is 389 g/mol. The molecule has 0 saturated carbocycles. The minimum atomic E-state index is 0. The van der Waals surface area contributed by atoms with Crippen molar-refractivity contribution in [3.05, 3.63) is 24.4 Å². The minimum absolute atomic E-state index is 0. The van der Waals surface area contributed by atoms with Crippen molar-refractivity contribution < 1.29 is 9.59 Å². The number of piperazine rings is 1. The average Bonchev–Trinajstić information content (AvgIpc) is 2.69. The van der Waals surface area contributed by atoms with Gasteiger partial charge in [0.1, 0.15) is 5.82 Å². The van der Waals surface area contributed by atoms with Crippen molar-refractivity contribution in [3.63, 3.8) is 0 Å². The van der Waals surface area contributed by atoms with Crippen LogP contribution in [0.15, 0.2) is 24.4 Å². The van der Waals surface area contributed by atoms with Gasteiger partial charge in [-0.2, -0.15) is 0 Å². The highest BCUT2D eigenvalue weighted by Gasteiger charge is 2.23. The van der Waals surface area contributed by atoms with Crippen LogP contribution < -0.4 is 15.5 Å². The number of rotatable bonds is 5. The summed E-state index contributed by atoms with van der Waals surface area (Å²) < 4.78 is 0. The summed E-state index contributed by atoms with van der Waals surface area (Å²) in [5, 5.41) is 6.15. The molecule has 2 amide bonds. The quantitative estimate of drug-likeness (QED) is 0.749. The topological polar surface area (TPSA) is 77.6 Å². The van der Waals surface area contributed by atoms with Crippen molar-refractivity contribution in [2.45, 2.75) is 19.3 Å². The molecule has 2 fully saturated rings. The van der Waals surface area contributed by atoms with E-state index < -0.39 is 0 Å². The second-order valence-electron chi connectivity index (χ2n) is 6.64. The van der Waals surface area contributed by atoms with Crippen molar-refractivity contribution >= 4 is 42.4 Å². The molecule has 1 atom stereocenters. The standard InChI is InChI=1S/C18H27N5O2.2ClH/c24-17(6-9-21-18(25)15-4-3-7-19-14-15)23-12-10-22(11-13-23)16-5-1-2-8-20-16;;/h1-2,5,8,15,19H,3-4,6-7,9-14H2,(H,21,25);2*1H. The summed E-state index contributed by atoms with van der Waals surface area (Å²) in [7, 11) is 0. The third-order valence-electron chi connectivity index (χ3n) is 4.91. The van der Waals surface area contributed by atoms with Crippen LogP contribution >= 0.6 is 24.8 Å². The number of hydrogen-bond donors (Lipinski definition) is 2. The molecule has 27 heavy (non-hydrogen) atoms. The van der Waals surface area contributed by atoms with Crippen molar-refractivity contribution in [2.24, 2.45) is 5.92 Å². The number of nitrogens with one attached hydrogen (secondary N) is 2. The Hall–Kier alpha value is -1.57. The summed E-state index contributed by atoms with van der Waals surface area (Å²) in [6.07, 6.45) is 4.13. The van der Waals surface area contributed by atoms with E-state index in [-0.39, 0.29) is 42.5 Å². The lowest BCUT2D eigenvalue weighted by atomic mass is 9.99. The molecule has 9 heteroatoms. The van der Waals surface area contributed by atoms with Gasteiger partial charge in [0.25, 0.3) is 0 Å². The first-order valence-electron chi connectivity index (χ1n) is 9.16. The van der Waals surface area contributed by atoms with Crippen molar-refractivity contribution in [2.75, 3.05) is 50.7 Å². The fourth-order valence-electron chi connectivity index (χ4n) is 3.40. The Labute approximate surface area is 173 Å². The smallest absolute Gasteiger partial charge is 0.224 e. The Morgan fingerprint density at radius 1 is 1.19 bits per heavy atom. The molecule has 1 aromatic heterocycles. The van der Waals surface area contributed by atoms with E-state index in [1.54, 1.807) is 6.20 Å². The molecule has 2 aliphatic rings. The van der Waals surface area contributed by atoms with Gasteiger partial charge in [0.2, 0.25) is 11.8 Å². The maximum atomic E-state index is 12.3. The van der Waals surface area contributed by atoms with Gasteiger partial charge in [-0.1, -0.05) is 6.07 Å². The highest BCUT2D eigenvalue weighted by Crippen LogP contribution is 2.13. The molecule has 0 spiro atoms. The number of halogens is 2. The summed E-state index contributed by atoms with van der Waals surface area (Å²) in [6, 6.07) is 5.87. The normalized spacial score (nSPS) is 19.5. The maximum Gasteiger partial charge on any atom is 0.224 e. The number of amides is 2. The second-order valence-corrected chi connectivity index (χ2v) is 6.64. The van der Waals surface area contributed by atoms with Crippen LogP contribution in [0, 0.1) is 5.92 Å². The summed E-state index contributed by atoms with van der Waals surface area (Å²) in [5.41, 5.74) is 0. The lowest BCUT2D eigenvalue weighted by Crippen LogP contribution is -2.49. The minimum Gasteiger partial charge on any atom is -0.355 e. The molecule has 0 aromatic carbocycles. The fraction of sp³-hybridized carbons (Fsp3) is 0.611. The summed E-state index contributed by atoms with van der Waals surface area (Å²) >= 11 is 0. The lowest BCUT2D eigenvalue weighted by molar-refractivity contribution is -0.131. The predicted octanol–water partition coefficient (Wildman–Crippen LogP) is 1.08. The first kappa shape index (κ1) is 23.5. The molecule has 3 rings (SSSR count).